The Labute approximate surface area is 796 Å². The second-order valence-electron chi connectivity index (χ2n) is 36.6. The summed E-state index contributed by atoms with van der Waals surface area (Å²) in [5.74, 6) is 0.872. The summed E-state index contributed by atoms with van der Waals surface area (Å²) in [5.41, 5.74) is 17.1. The minimum atomic E-state index is -1.16. The normalized spacial score (nSPS) is 18.2. The number of aromatic nitrogens is 12. The lowest BCUT2D eigenvalue weighted by Gasteiger charge is -2.38. The first-order chi connectivity index (χ1) is 65.7. The van der Waals surface area contributed by atoms with E-state index in [0.717, 1.165) is 166 Å². The van der Waals surface area contributed by atoms with Crippen LogP contribution in [-0.4, -0.2) is 207 Å². The summed E-state index contributed by atoms with van der Waals surface area (Å²) in [6.45, 7) is 28.1. The number of nitrogens with zero attached hydrogens (tertiary/aromatic N) is 15. The number of piperidine rings is 4. The number of hydrogen-bond donors (Lipinski definition) is 8. The van der Waals surface area contributed by atoms with E-state index in [4.69, 9.17) is 74.6 Å². The highest BCUT2D eigenvalue weighted by atomic mass is 35.5. The van der Waals surface area contributed by atoms with Crippen LogP contribution in [0, 0.1) is 22.7 Å². The number of ether oxygens (including phenoxy) is 4. The lowest BCUT2D eigenvalue weighted by molar-refractivity contribution is -0.136. The van der Waals surface area contributed by atoms with E-state index in [-0.39, 0.29) is 67.4 Å². The molecule has 0 unspecified atom stereocenters. The maximum absolute atomic E-state index is 13.1. The standard InChI is InChI=1S/C30H39N5O4Si.C19H20N6O2.C16H20ClN3O2Si.C16H19N5O.C14H20N2O2.C3H3NO2/c1-22-10-11-24(19-35(22)30(36)39-20-23-8-6-5-7-9-23)33-27-25-12-14-34(21-37-16-17-40(2,3)4)28(25)32-18-26(27)29-31-13-15-38-29;1-12-2-3-13(11-25(12)16(26)4-6-20)24-17-14-5-7-21-18(14)23-10-15(17)19-22-8-9-27-19;1-23(2,3)9-8-21-11-20-6-4-12-14(17)13(10-19-15(12)20)16-18-5-7-22-16;1-10-2-3-11(8-19-10)21-14-12-4-5-17-15(12)20-9-13(14)16-18-6-7-22-16;1-11-7-8-13(15)9-16(11)14(17)18-10-12-5-3-2-4-6-12;4-2-1-3(5)6/h5-9,12-15,18,22,24H,10-11,16-17,19-21H2,1-4H3,(H,32,33);5,7-10,12-13H,2-4,11H2,1H3,(H2,21,23,24);4-7,10H,8-9,11H2,1-3H3;4-7,9-11,19H,2-3,8H2,1H3,(H2,17,20,21);2-6,11,13H,7-10,15H2,1H3;1H2,(H,5,6)/t22-,24+;12-,13+;;10-,11+;11-,13+;/m00.00./s1. The summed E-state index contributed by atoms with van der Waals surface area (Å²) in [6, 6.07) is 34.7. The van der Waals surface area contributed by atoms with Gasteiger partial charge in [-0.3, -0.25) is 9.59 Å². The first-order valence-electron chi connectivity index (χ1n) is 45.9. The van der Waals surface area contributed by atoms with E-state index in [1.807, 2.05) is 144 Å². The predicted molar refractivity (Wildman–Crippen MR) is 526 cm³/mol. The quantitative estimate of drug-likeness (QED) is 0.0184. The Bertz CT molecular complexity index is 6220. The average molecular weight is 1910 g/mol. The third-order valence-corrected chi connectivity index (χ3v) is 27.7. The van der Waals surface area contributed by atoms with E-state index in [9.17, 15) is 19.2 Å². The summed E-state index contributed by atoms with van der Waals surface area (Å²) in [4.78, 5) is 93.5. The van der Waals surface area contributed by atoms with Crippen LogP contribution in [-0.2, 0) is 55.2 Å². The molecule has 12 aromatic heterocycles. The minimum absolute atomic E-state index is 0.0242. The Morgan fingerprint density at radius 1 is 0.500 bits per heavy atom. The number of carboxylic acid groups (broad SMARTS) is 1. The van der Waals surface area contributed by atoms with Crippen molar-refractivity contribution in [2.24, 2.45) is 5.73 Å². The number of aromatic amines is 2. The molecule has 35 nitrogen and oxygen atoms in total. The number of oxazole rings is 4. The molecule has 14 aromatic rings. The molecule has 0 radical (unpaired) electrons. The number of hydrogen-bond acceptors (Lipinski definition) is 27. The van der Waals surface area contributed by atoms with Gasteiger partial charge in [0.15, 0.2) is 0 Å². The van der Waals surface area contributed by atoms with Crippen molar-refractivity contribution in [2.45, 2.75) is 218 Å². The highest BCUT2D eigenvalue weighted by Crippen LogP contribution is 2.40. The number of carboxylic acids is 1. The zero-order valence-corrected chi connectivity index (χ0v) is 81.3. The molecule has 136 heavy (non-hydrogen) atoms. The molecule has 4 aliphatic heterocycles. The number of amides is 3. The van der Waals surface area contributed by atoms with Gasteiger partial charge in [0, 0.05) is 175 Å². The second kappa shape index (κ2) is 48.1. The maximum Gasteiger partial charge on any atom is 0.410 e. The molecule has 4 saturated heterocycles. The van der Waals surface area contributed by atoms with Gasteiger partial charge in [-0.1, -0.05) is 112 Å². The molecule has 4 fully saturated rings. The Morgan fingerprint density at radius 2 is 0.912 bits per heavy atom. The van der Waals surface area contributed by atoms with Crippen molar-refractivity contribution in [1.82, 2.24) is 79.0 Å². The predicted octanol–water partition coefficient (Wildman–Crippen LogP) is 19.1. The van der Waals surface area contributed by atoms with Crippen LogP contribution in [0.2, 0.25) is 56.4 Å². The number of pyridine rings is 4. The van der Waals surface area contributed by atoms with E-state index < -0.39 is 28.5 Å². The van der Waals surface area contributed by atoms with Gasteiger partial charge < -0.3 is 103 Å². The van der Waals surface area contributed by atoms with Crippen molar-refractivity contribution in [3.8, 4) is 58.0 Å². The van der Waals surface area contributed by atoms with Crippen LogP contribution in [0.3, 0.4) is 0 Å². The Kier molecular flexibility index (Phi) is 35.3. The van der Waals surface area contributed by atoms with Crippen molar-refractivity contribution in [3.05, 3.63) is 200 Å². The highest BCUT2D eigenvalue weighted by Gasteiger charge is 2.35. The molecular formula is C98H121ClN22O13Si2. The van der Waals surface area contributed by atoms with Gasteiger partial charge in [-0.15, -0.1) is 0 Å². The molecule has 0 saturated carbocycles. The van der Waals surface area contributed by atoms with Crippen molar-refractivity contribution in [3.63, 3.8) is 0 Å². The van der Waals surface area contributed by atoms with E-state index in [1.54, 1.807) is 65.7 Å². The summed E-state index contributed by atoms with van der Waals surface area (Å²) in [6.07, 6.45) is 34.2. The lowest BCUT2D eigenvalue weighted by Crippen LogP contribution is -2.50. The number of benzene rings is 2. The molecule has 0 spiro atoms. The van der Waals surface area contributed by atoms with Crippen LogP contribution >= 0.6 is 11.6 Å². The zero-order valence-electron chi connectivity index (χ0n) is 78.5. The number of likely N-dealkylation sites (tertiary alicyclic amines) is 3. The van der Waals surface area contributed by atoms with Crippen LogP contribution in [0.4, 0.5) is 26.7 Å². The van der Waals surface area contributed by atoms with E-state index >= 15 is 0 Å². The van der Waals surface area contributed by atoms with Crippen molar-refractivity contribution in [1.29, 1.82) is 10.5 Å². The number of H-pyrrole nitrogens is 2. The molecule has 0 aliphatic carbocycles. The number of anilines is 3. The lowest BCUT2D eigenvalue weighted by atomic mass is 9.98. The molecule has 716 valence electrons. The van der Waals surface area contributed by atoms with Gasteiger partial charge in [0.1, 0.15) is 87.2 Å². The van der Waals surface area contributed by atoms with E-state index in [1.165, 1.54) is 25.0 Å². The summed E-state index contributed by atoms with van der Waals surface area (Å²) >= 11 is 6.48. The molecule has 18 rings (SSSR count). The molecule has 16 heterocycles. The van der Waals surface area contributed by atoms with Gasteiger partial charge in [-0.25, -0.2) is 49.5 Å². The summed E-state index contributed by atoms with van der Waals surface area (Å²) in [7, 11) is -2.23. The SMILES string of the molecule is C[C@H]1CC[C@@H](N)CN1C(=O)OCc1ccccc1.C[C@H]1CC[C@@H](Nc2c(-c3ncco3)cnc3[nH]ccc23)CN1.C[C@H]1CC[C@@H](Nc2c(-c3ncco3)cnc3[nH]ccc23)CN1C(=O)CC#N.C[C@H]1CC[C@@H](Nc2c(-c3ncco3)cnc3c2ccn3COCC[Si](C)(C)C)CN1C(=O)OCc1ccccc1.C[Si](C)(C)CCOCn1ccc2c(Cl)c(-c3ncco3)cnc21.N#CCC(=O)O. The molecular weight excluding hydrogens is 1780 g/mol. The number of nitrogens with one attached hydrogen (secondary N) is 6. The topological polar surface area (TPSA) is 454 Å². The summed E-state index contributed by atoms with van der Waals surface area (Å²) < 4.78 is 48.7. The van der Waals surface area contributed by atoms with Crippen molar-refractivity contribution < 1.29 is 60.9 Å². The Morgan fingerprint density at radius 3 is 1.35 bits per heavy atom. The molecule has 8 atom stereocenters. The number of fused-ring (bicyclic) bond motifs is 4. The first kappa shape index (κ1) is 99.9. The fraction of sp³-hybridized carbons (Fsp3) is 0.408. The molecule has 3 amide bonds. The Balaban J connectivity index is 0.000000145. The Hall–Kier alpha value is -13.5. The fourth-order valence-electron chi connectivity index (χ4n) is 16.1. The van der Waals surface area contributed by atoms with Gasteiger partial charge in [0.05, 0.1) is 81.3 Å². The van der Waals surface area contributed by atoms with Crippen molar-refractivity contribution >= 4 is 113 Å². The number of nitriles is 2. The van der Waals surface area contributed by atoms with Crippen LogP contribution in [0.1, 0.15) is 103 Å². The molecule has 9 N–H and O–H groups in total. The number of rotatable bonds is 26. The first-order valence-corrected chi connectivity index (χ1v) is 53.7. The largest absolute Gasteiger partial charge is 0.480 e. The molecule has 2 aromatic carbocycles. The zero-order chi connectivity index (χ0) is 96.3. The monoisotopic (exact) mass is 1900 g/mol. The molecule has 38 heteroatoms. The molecule has 4 aliphatic rings. The van der Waals surface area contributed by atoms with Crippen LogP contribution < -0.4 is 27.0 Å². The van der Waals surface area contributed by atoms with Crippen LogP contribution in [0.5, 0.6) is 0 Å². The smallest absolute Gasteiger partial charge is 0.410 e. The van der Waals surface area contributed by atoms with Gasteiger partial charge >= 0.3 is 18.2 Å². The third kappa shape index (κ3) is 27.6. The van der Waals surface area contributed by atoms with Crippen LogP contribution in [0.25, 0.3) is 90.0 Å². The average Bonchev–Trinajstić information content (AvgIpc) is 1.64. The van der Waals surface area contributed by atoms with Gasteiger partial charge in [-0.2, -0.15) is 10.5 Å². The molecule has 0 bridgehead atoms. The van der Waals surface area contributed by atoms with Crippen LogP contribution in [0.15, 0.2) is 202 Å². The third-order valence-electron chi connectivity index (χ3n) is 23.8. The van der Waals surface area contributed by atoms with Gasteiger partial charge in [0.2, 0.25) is 29.5 Å². The highest BCUT2D eigenvalue weighted by molar-refractivity contribution is 6.76. The van der Waals surface area contributed by atoms with Gasteiger partial charge in [0.25, 0.3) is 0 Å². The van der Waals surface area contributed by atoms with E-state index in [2.05, 4.69) is 125 Å². The van der Waals surface area contributed by atoms with Gasteiger partial charge in [-0.05, 0) is 127 Å². The second-order valence-corrected chi connectivity index (χ2v) is 48.3. The van der Waals surface area contributed by atoms with E-state index in [0.29, 0.717) is 85.9 Å². The maximum atomic E-state index is 13.1. The number of aliphatic carboxylic acids is 1. The summed E-state index contributed by atoms with van der Waals surface area (Å²) in [5, 5.41) is 43.1. The number of carbonyl (C=O) groups excluding carboxylic acids is 3. The minimum Gasteiger partial charge on any atom is -0.480 e. The fourth-order valence-corrected chi connectivity index (χ4v) is 17.9. The number of nitrogens with two attached hydrogens (primary N) is 1. The number of halogens is 1. The number of carbonyl (C=O) groups is 4. The van der Waals surface area contributed by atoms with Crippen molar-refractivity contribution in [2.75, 3.05) is 55.3 Å².